The number of fused-ring (bicyclic) bond motifs is 1. The topological polar surface area (TPSA) is 60.2 Å². The molecule has 0 aliphatic carbocycles. The first kappa shape index (κ1) is 11.7. The third-order valence-corrected chi connectivity index (χ3v) is 2.77. The summed E-state index contributed by atoms with van der Waals surface area (Å²) in [5.74, 6) is 0.865. The lowest BCUT2D eigenvalue weighted by Gasteiger charge is -2.11. The van der Waals surface area contributed by atoms with Gasteiger partial charge in [0.1, 0.15) is 5.82 Å². The second kappa shape index (κ2) is 5.01. The molecule has 0 aliphatic heterocycles. The van der Waals surface area contributed by atoms with Crippen LogP contribution in [0.1, 0.15) is 5.56 Å². The highest BCUT2D eigenvalue weighted by atomic mass is 16.5. The Kier molecular flexibility index (Phi) is 3.44. The summed E-state index contributed by atoms with van der Waals surface area (Å²) < 4.78 is 5.01. The van der Waals surface area contributed by atoms with E-state index in [9.17, 15) is 0 Å². The van der Waals surface area contributed by atoms with Gasteiger partial charge in [-0.1, -0.05) is 6.07 Å². The average Bonchev–Trinajstić information content (AvgIpc) is 2.34. The number of nitrogens with zero attached hydrogens (tertiary/aromatic N) is 1. The molecule has 4 heteroatoms. The minimum Gasteiger partial charge on any atom is -0.398 e. The number of nitrogens with two attached hydrogens (primary N) is 1. The van der Waals surface area contributed by atoms with Gasteiger partial charge in [0.05, 0.1) is 6.61 Å². The molecule has 1 aromatic carbocycles. The summed E-state index contributed by atoms with van der Waals surface area (Å²) in [6.07, 6.45) is 1.77. The van der Waals surface area contributed by atoms with Crippen molar-refractivity contribution >= 4 is 22.3 Å². The van der Waals surface area contributed by atoms with Crippen LogP contribution in [0.4, 0.5) is 11.5 Å². The maximum absolute atomic E-state index is 5.97. The zero-order chi connectivity index (χ0) is 12.3. The number of aromatic nitrogens is 1. The first-order valence-corrected chi connectivity index (χ1v) is 5.60. The van der Waals surface area contributed by atoms with Crippen LogP contribution in [0.25, 0.3) is 10.8 Å². The standard InChI is InChI=1S/C13H17N3O/c1-9-3-4-11(14)10-5-6-15-13(12(9)10)16-7-8-17-2/h3-6H,7-8,14H2,1-2H3,(H,15,16). The van der Waals surface area contributed by atoms with Gasteiger partial charge >= 0.3 is 0 Å². The molecule has 0 fully saturated rings. The average molecular weight is 231 g/mol. The summed E-state index contributed by atoms with van der Waals surface area (Å²) in [6.45, 7) is 3.45. The monoisotopic (exact) mass is 231 g/mol. The van der Waals surface area contributed by atoms with E-state index in [1.165, 1.54) is 5.56 Å². The van der Waals surface area contributed by atoms with Crippen molar-refractivity contribution in [2.45, 2.75) is 6.92 Å². The molecule has 3 N–H and O–H groups in total. The summed E-state index contributed by atoms with van der Waals surface area (Å²) in [7, 11) is 1.68. The molecule has 0 amide bonds. The molecule has 0 radical (unpaired) electrons. The molecule has 0 unspecified atom stereocenters. The van der Waals surface area contributed by atoms with Crippen molar-refractivity contribution in [3.05, 3.63) is 30.0 Å². The Morgan fingerprint density at radius 1 is 1.35 bits per heavy atom. The SMILES string of the molecule is COCCNc1nccc2c(N)ccc(C)c12. The number of methoxy groups -OCH3 is 1. The van der Waals surface area contributed by atoms with E-state index in [1.807, 2.05) is 18.2 Å². The highest BCUT2D eigenvalue weighted by molar-refractivity contribution is 6.01. The first-order valence-electron chi connectivity index (χ1n) is 5.60. The lowest BCUT2D eigenvalue weighted by molar-refractivity contribution is 0.210. The predicted molar refractivity (Wildman–Crippen MR) is 71.3 cm³/mol. The van der Waals surface area contributed by atoms with Crippen molar-refractivity contribution in [2.75, 3.05) is 31.3 Å². The van der Waals surface area contributed by atoms with E-state index in [-0.39, 0.29) is 0 Å². The Balaban J connectivity index is 2.45. The maximum Gasteiger partial charge on any atom is 0.134 e. The summed E-state index contributed by atoms with van der Waals surface area (Å²) in [5, 5.41) is 5.39. The van der Waals surface area contributed by atoms with E-state index < -0.39 is 0 Å². The van der Waals surface area contributed by atoms with Gasteiger partial charge in [0.2, 0.25) is 0 Å². The number of pyridine rings is 1. The zero-order valence-corrected chi connectivity index (χ0v) is 10.2. The van der Waals surface area contributed by atoms with Gasteiger partial charge in [0, 0.05) is 36.3 Å². The number of benzene rings is 1. The molecule has 1 heterocycles. The van der Waals surface area contributed by atoms with Gasteiger partial charge in [-0.05, 0) is 24.6 Å². The first-order chi connectivity index (χ1) is 8.24. The van der Waals surface area contributed by atoms with E-state index in [1.54, 1.807) is 13.3 Å². The molecule has 0 atom stereocenters. The third kappa shape index (κ3) is 2.31. The van der Waals surface area contributed by atoms with E-state index in [4.69, 9.17) is 10.5 Å². The fraction of sp³-hybridized carbons (Fsp3) is 0.308. The number of rotatable bonds is 4. The molecule has 0 spiro atoms. The molecule has 90 valence electrons. The zero-order valence-electron chi connectivity index (χ0n) is 10.2. The molecule has 0 saturated heterocycles. The molecular formula is C13H17N3O. The summed E-state index contributed by atoms with van der Waals surface area (Å²) >= 11 is 0. The molecule has 2 rings (SSSR count). The molecule has 1 aromatic heterocycles. The molecule has 0 saturated carbocycles. The van der Waals surface area contributed by atoms with Crippen LogP contribution in [-0.4, -0.2) is 25.2 Å². The maximum atomic E-state index is 5.97. The van der Waals surface area contributed by atoms with E-state index >= 15 is 0 Å². The van der Waals surface area contributed by atoms with Crippen molar-refractivity contribution < 1.29 is 4.74 Å². The minimum atomic E-state index is 0.652. The molecule has 0 aliphatic rings. The largest absolute Gasteiger partial charge is 0.398 e. The third-order valence-electron chi connectivity index (χ3n) is 2.77. The number of nitrogens with one attached hydrogen (secondary N) is 1. The quantitative estimate of drug-likeness (QED) is 0.625. The second-order valence-electron chi connectivity index (χ2n) is 3.97. The molecule has 2 aromatic rings. The molecule has 17 heavy (non-hydrogen) atoms. The summed E-state index contributed by atoms with van der Waals surface area (Å²) in [6, 6.07) is 5.89. The predicted octanol–water partition coefficient (Wildman–Crippen LogP) is 2.18. The van der Waals surface area contributed by atoms with Gasteiger partial charge < -0.3 is 15.8 Å². The van der Waals surface area contributed by atoms with Gasteiger partial charge in [0.25, 0.3) is 0 Å². The van der Waals surface area contributed by atoms with Crippen molar-refractivity contribution in [2.24, 2.45) is 0 Å². The van der Waals surface area contributed by atoms with Crippen molar-refractivity contribution in [1.82, 2.24) is 4.98 Å². The molecular weight excluding hydrogens is 214 g/mol. The lowest BCUT2D eigenvalue weighted by atomic mass is 10.1. The summed E-state index contributed by atoms with van der Waals surface area (Å²) in [4.78, 5) is 4.36. The van der Waals surface area contributed by atoms with Crippen molar-refractivity contribution in [1.29, 1.82) is 0 Å². The van der Waals surface area contributed by atoms with Crippen LogP contribution in [0.2, 0.25) is 0 Å². The van der Waals surface area contributed by atoms with Gasteiger partial charge in [-0.3, -0.25) is 0 Å². The van der Waals surface area contributed by atoms with Gasteiger partial charge in [-0.15, -0.1) is 0 Å². The number of anilines is 2. The number of aryl methyl sites for hydroxylation is 1. The Morgan fingerprint density at radius 2 is 2.18 bits per heavy atom. The Hall–Kier alpha value is -1.81. The van der Waals surface area contributed by atoms with Crippen LogP contribution in [0.15, 0.2) is 24.4 Å². The molecule has 4 nitrogen and oxygen atoms in total. The number of nitrogen functional groups attached to an aromatic ring is 1. The van der Waals surface area contributed by atoms with E-state index in [0.29, 0.717) is 6.61 Å². The van der Waals surface area contributed by atoms with Crippen LogP contribution in [0, 0.1) is 6.92 Å². The minimum absolute atomic E-state index is 0.652. The van der Waals surface area contributed by atoms with E-state index in [2.05, 4.69) is 17.2 Å². The Labute approximate surface area is 101 Å². The van der Waals surface area contributed by atoms with E-state index in [0.717, 1.165) is 28.8 Å². The highest BCUT2D eigenvalue weighted by Crippen LogP contribution is 2.28. The number of hydrogen-bond acceptors (Lipinski definition) is 4. The Bertz CT molecular complexity index is 525. The van der Waals surface area contributed by atoms with Gasteiger partial charge in [-0.2, -0.15) is 0 Å². The normalized spacial score (nSPS) is 10.7. The smallest absolute Gasteiger partial charge is 0.134 e. The van der Waals surface area contributed by atoms with Crippen LogP contribution in [-0.2, 0) is 4.74 Å². The van der Waals surface area contributed by atoms with Crippen LogP contribution < -0.4 is 11.1 Å². The fourth-order valence-corrected chi connectivity index (χ4v) is 1.89. The number of ether oxygens (including phenoxy) is 1. The number of hydrogen-bond donors (Lipinski definition) is 2. The van der Waals surface area contributed by atoms with Gasteiger partial charge in [0.15, 0.2) is 0 Å². The van der Waals surface area contributed by atoms with Crippen LogP contribution >= 0.6 is 0 Å². The summed E-state index contributed by atoms with van der Waals surface area (Å²) in [5.41, 5.74) is 7.92. The fourth-order valence-electron chi connectivity index (χ4n) is 1.89. The Morgan fingerprint density at radius 3 is 2.94 bits per heavy atom. The van der Waals surface area contributed by atoms with Crippen LogP contribution in [0.5, 0.6) is 0 Å². The lowest BCUT2D eigenvalue weighted by Crippen LogP contribution is -2.09. The van der Waals surface area contributed by atoms with Crippen LogP contribution in [0.3, 0.4) is 0 Å². The van der Waals surface area contributed by atoms with Crippen molar-refractivity contribution in [3.63, 3.8) is 0 Å². The highest BCUT2D eigenvalue weighted by Gasteiger charge is 2.06. The van der Waals surface area contributed by atoms with Crippen molar-refractivity contribution in [3.8, 4) is 0 Å². The molecule has 0 bridgehead atoms. The van der Waals surface area contributed by atoms with Gasteiger partial charge in [-0.25, -0.2) is 4.98 Å². The second-order valence-corrected chi connectivity index (χ2v) is 3.97.